The van der Waals surface area contributed by atoms with Crippen molar-refractivity contribution >= 4 is 29.5 Å². The lowest BCUT2D eigenvalue weighted by molar-refractivity contribution is -0.136. The van der Waals surface area contributed by atoms with Gasteiger partial charge in [-0.25, -0.2) is 9.18 Å². The van der Waals surface area contributed by atoms with E-state index in [0.29, 0.717) is 28.6 Å². The summed E-state index contributed by atoms with van der Waals surface area (Å²) in [5.74, 6) is -0.619. The number of aromatic nitrogens is 4. The van der Waals surface area contributed by atoms with Gasteiger partial charge in [0.1, 0.15) is 11.3 Å². The molecule has 0 bridgehead atoms. The molecular formula is C17H25FN6O4S. The zero-order valence-corrected chi connectivity index (χ0v) is 17.5. The third kappa shape index (κ3) is 8.77. The van der Waals surface area contributed by atoms with E-state index < -0.39 is 23.5 Å². The Morgan fingerprint density at radius 3 is 2.45 bits per heavy atom. The lowest BCUT2D eigenvalue weighted by Crippen LogP contribution is -2.27. The maximum atomic E-state index is 14.1. The Labute approximate surface area is 171 Å². The maximum absolute atomic E-state index is 14.1. The van der Waals surface area contributed by atoms with Gasteiger partial charge in [0.15, 0.2) is 11.6 Å². The molecule has 0 unspecified atom stereocenters. The number of carbonyl (C=O) groups is 2. The number of carbonyl (C=O) groups excluding carboxylic acids is 1. The molecule has 0 fully saturated rings. The number of amides is 1. The number of tetrazole rings is 1. The zero-order valence-electron chi connectivity index (χ0n) is 16.7. The van der Waals surface area contributed by atoms with Crippen molar-refractivity contribution in [2.24, 2.45) is 5.73 Å². The van der Waals surface area contributed by atoms with Crippen LogP contribution >= 0.6 is 11.8 Å². The summed E-state index contributed by atoms with van der Waals surface area (Å²) < 4.78 is 18.7. The number of hydrogen-bond acceptors (Lipinski definition) is 8. The number of benzene rings is 1. The molecule has 1 heterocycles. The number of rotatable bonds is 6. The summed E-state index contributed by atoms with van der Waals surface area (Å²) in [5.41, 5.74) is 10.6. The van der Waals surface area contributed by atoms with Gasteiger partial charge in [0.2, 0.25) is 0 Å². The van der Waals surface area contributed by atoms with Crippen LogP contribution in [0.2, 0.25) is 0 Å². The van der Waals surface area contributed by atoms with Crippen molar-refractivity contribution in [1.82, 2.24) is 20.2 Å². The minimum atomic E-state index is -0.905. The average molecular weight is 428 g/mol. The Kier molecular flexibility index (Phi) is 8.83. The number of nitrogens with zero attached hydrogens (tertiary/aromatic N) is 4. The predicted molar refractivity (Wildman–Crippen MR) is 106 cm³/mol. The van der Waals surface area contributed by atoms with E-state index in [-0.39, 0.29) is 12.1 Å². The number of aryl methyl sites for hydroxylation is 1. The number of primary amides is 1. The first kappa shape index (κ1) is 24.1. The summed E-state index contributed by atoms with van der Waals surface area (Å²) in [6.45, 7) is 7.15. The van der Waals surface area contributed by atoms with Crippen molar-refractivity contribution in [3.05, 3.63) is 23.8 Å². The highest BCUT2D eigenvalue weighted by Gasteiger charge is 2.14. The normalized spacial score (nSPS) is 10.8. The molecule has 0 aliphatic rings. The number of hydrogen-bond donors (Lipinski definition) is 3. The Morgan fingerprint density at radius 2 is 2.00 bits per heavy atom. The van der Waals surface area contributed by atoms with Gasteiger partial charge >= 0.3 is 12.1 Å². The first-order valence-corrected chi connectivity index (χ1v) is 9.62. The van der Waals surface area contributed by atoms with E-state index in [1.54, 1.807) is 20.8 Å². The zero-order chi connectivity index (χ0) is 22.2. The first-order valence-electron chi connectivity index (χ1n) is 8.64. The molecule has 12 heteroatoms. The Bertz CT molecular complexity index is 853. The number of aliphatic carboxylic acids is 1. The number of carboxylic acid groups (broad SMARTS) is 1. The number of ether oxygens (including phenoxy) is 1. The van der Waals surface area contributed by atoms with E-state index in [1.807, 2.05) is 6.92 Å². The Hall–Kier alpha value is -2.89. The van der Waals surface area contributed by atoms with Gasteiger partial charge in [-0.15, -0.1) is 26.8 Å². The Morgan fingerprint density at radius 1 is 1.34 bits per heavy atom. The highest BCUT2D eigenvalue weighted by atomic mass is 32.2. The summed E-state index contributed by atoms with van der Waals surface area (Å²) in [4.78, 5) is 22.1. The molecule has 0 aliphatic heterocycles. The molecule has 0 spiro atoms. The van der Waals surface area contributed by atoms with Crippen LogP contribution in [0.4, 0.5) is 14.9 Å². The van der Waals surface area contributed by atoms with Crippen LogP contribution in [-0.4, -0.2) is 48.7 Å². The van der Waals surface area contributed by atoms with Crippen LogP contribution in [0.15, 0.2) is 17.0 Å². The number of thioether (sulfide) groups is 1. The summed E-state index contributed by atoms with van der Waals surface area (Å²) >= 11 is 1.19. The molecule has 5 N–H and O–H groups in total. The summed E-state index contributed by atoms with van der Waals surface area (Å²) in [6.07, 6.45) is -0.143. The SMILES string of the molecule is CC(C)(C)OC(N)=O.CCc1nnn(-c2cc(N)c(SCCC(=O)O)cc2F)n1. The van der Waals surface area contributed by atoms with Crippen molar-refractivity contribution in [3.8, 4) is 5.69 Å². The van der Waals surface area contributed by atoms with Gasteiger partial charge in [-0.3, -0.25) is 4.79 Å². The number of carboxylic acids is 1. The maximum Gasteiger partial charge on any atom is 0.405 e. The van der Waals surface area contributed by atoms with Crippen LogP contribution in [-0.2, 0) is 16.0 Å². The number of halogens is 1. The topological polar surface area (TPSA) is 159 Å². The molecule has 0 atom stereocenters. The summed E-state index contributed by atoms with van der Waals surface area (Å²) in [6, 6.07) is 2.67. The standard InChI is InChI=1S/C12H14FN5O2S.C5H11NO2/c1-2-11-15-17-18(16-11)9-6-8(14)10(5-7(9)13)21-4-3-12(19)20;1-5(2,3)8-4(6)7/h5-6H,2-4,14H2,1H3,(H,19,20);1-3H3,(H2,6,7). The first-order chi connectivity index (χ1) is 13.4. The number of nitrogens with two attached hydrogens (primary N) is 2. The van der Waals surface area contributed by atoms with E-state index in [4.69, 9.17) is 16.6 Å². The van der Waals surface area contributed by atoms with Crippen LogP contribution in [0.25, 0.3) is 5.69 Å². The van der Waals surface area contributed by atoms with Gasteiger partial charge in [-0.1, -0.05) is 6.92 Å². The smallest absolute Gasteiger partial charge is 0.405 e. The minimum Gasteiger partial charge on any atom is -0.481 e. The van der Waals surface area contributed by atoms with Crippen LogP contribution in [0.1, 0.15) is 39.9 Å². The van der Waals surface area contributed by atoms with Gasteiger partial charge in [0, 0.05) is 22.8 Å². The Balaban J connectivity index is 0.000000447. The van der Waals surface area contributed by atoms with Crippen molar-refractivity contribution in [2.75, 3.05) is 11.5 Å². The molecule has 1 amide bonds. The van der Waals surface area contributed by atoms with E-state index in [9.17, 15) is 14.0 Å². The van der Waals surface area contributed by atoms with Crippen molar-refractivity contribution in [1.29, 1.82) is 0 Å². The lowest BCUT2D eigenvalue weighted by atomic mass is 10.2. The molecule has 10 nitrogen and oxygen atoms in total. The van der Waals surface area contributed by atoms with E-state index in [1.165, 1.54) is 23.9 Å². The van der Waals surface area contributed by atoms with Crippen LogP contribution in [0.3, 0.4) is 0 Å². The molecule has 0 radical (unpaired) electrons. The van der Waals surface area contributed by atoms with Crippen LogP contribution < -0.4 is 11.5 Å². The van der Waals surface area contributed by atoms with Crippen LogP contribution in [0, 0.1) is 5.82 Å². The van der Waals surface area contributed by atoms with Gasteiger partial charge in [-0.05, 0) is 38.1 Å². The van der Waals surface area contributed by atoms with Crippen molar-refractivity contribution in [2.45, 2.75) is 51.0 Å². The largest absolute Gasteiger partial charge is 0.481 e. The number of nitrogen functional groups attached to an aromatic ring is 1. The fourth-order valence-electron chi connectivity index (χ4n) is 1.87. The minimum absolute atomic E-state index is 0.0159. The molecule has 0 saturated carbocycles. The monoisotopic (exact) mass is 428 g/mol. The summed E-state index contributed by atoms with van der Waals surface area (Å²) in [5, 5.41) is 20.2. The lowest BCUT2D eigenvalue weighted by Gasteiger charge is -2.16. The molecule has 1 aromatic carbocycles. The second-order valence-electron chi connectivity index (χ2n) is 6.72. The quantitative estimate of drug-likeness (QED) is 0.463. The molecule has 2 rings (SSSR count). The molecule has 0 saturated heterocycles. The van der Waals surface area contributed by atoms with E-state index in [0.717, 1.165) is 4.80 Å². The molecule has 160 valence electrons. The van der Waals surface area contributed by atoms with Crippen LogP contribution in [0.5, 0.6) is 0 Å². The third-order valence-electron chi connectivity index (χ3n) is 3.05. The second-order valence-corrected chi connectivity index (χ2v) is 7.85. The molecular weight excluding hydrogens is 403 g/mol. The fourth-order valence-corrected chi connectivity index (χ4v) is 2.78. The number of anilines is 1. The summed E-state index contributed by atoms with van der Waals surface area (Å²) in [7, 11) is 0. The highest BCUT2D eigenvalue weighted by Crippen LogP contribution is 2.29. The van der Waals surface area contributed by atoms with Gasteiger partial charge in [0.05, 0.1) is 6.42 Å². The van der Waals surface area contributed by atoms with Gasteiger partial charge in [0.25, 0.3) is 0 Å². The molecule has 2 aromatic rings. The van der Waals surface area contributed by atoms with E-state index >= 15 is 0 Å². The van der Waals surface area contributed by atoms with E-state index in [2.05, 4.69) is 20.1 Å². The van der Waals surface area contributed by atoms with Crippen molar-refractivity contribution < 1.29 is 23.8 Å². The molecule has 1 aromatic heterocycles. The van der Waals surface area contributed by atoms with Gasteiger partial charge in [-0.2, -0.15) is 0 Å². The van der Waals surface area contributed by atoms with Gasteiger partial charge < -0.3 is 21.3 Å². The fraction of sp³-hybridized carbons (Fsp3) is 0.471. The highest BCUT2D eigenvalue weighted by molar-refractivity contribution is 7.99. The predicted octanol–water partition coefficient (Wildman–Crippen LogP) is 2.39. The molecule has 0 aliphatic carbocycles. The van der Waals surface area contributed by atoms with Crippen molar-refractivity contribution in [3.63, 3.8) is 0 Å². The average Bonchev–Trinajstić information content (AvgIpc) is 3.04. The third-order valence-corrected chi connectivity index (χ3v) is 4.12. The molecule has 29 heavy (non-hydrogen) atoms. The second kappa shape index (κ2) is 10.6.